The molecular formula is C8H17N3O2. The van der Waals surface area contributed by atoms with Gasteiger partial charge in [0.1, 0.15) is 6.61 Å². The van der Waals surface area contributed by atoms with Crippen molar-refractivity contribution in [3.8, 4) is 0 Å². The average Bonchev–Trinajstić information content (AvgIpc) is 2.14. The summed E-state index contributed by atoms with van der Waals surface area (Å²) in [7, 11) is 0. The number of piperidine rings is 1. The van der Waals surface area contributed by atoms with Gasteiger partial charge in [-0.25, -0.2) is 4.79 Å². The molecule has 1 saturated heterocycles. The van der Waals surface area contributed by atoms with Crippen LogP contribution in [-0.2, 0) is 4.74 Å². The van der Waals surface area contributed by atoms with Gasteiger partial charge < -0.3 is 21.1 Å². The van der Waals surface area contributed by atoms with Crippen LogP contribution in [0, 0.1) is 0 Å². The Morgan fingerprint density at radius 1 is 1.69 bits per heavy atom. The minimum Gasteiger partial charge on any atom is -0.448 e. The van der Waals surface area contributed by atoms with Crippen molar-refractivity contribution in [3.63, 3.8) is 0 Å². The number of carbonyl (C=O) groups is 1. The molecule has 76 valence electrons. The van der Waals surface area contributed by atoms with Crippen molar-refractivity contribution in [2.24, 2.45) is 5.73 Å². The van der Waals surface area contributed by atoms with Crippen LogP contribution in [0.4, 0.5) is 4.79 Å². The molecule has 1 rings (SSSR count). The summed E-state index contributed by atoms with van der Waals surface area (Å²) < 4.78 is 4.59. The molecule has 5 nitrogen and oxygen atoms in total. The maximum atomic E-state index is 10.2. The molecule has 4 N–H and O–H groups in total. The highest BCUT2D eigenvalue weighted by Crippen LogP contribution is 2.00. The smallest absolute Gasteiger partial charge is 0.404 e. The van der Waals surface area contributed by atoms with Crippen molar-refractivity contribution < 1.29 is 9.53 Å². The Kier molecular flexibility index (Phi) is 4.56. The predicted octanol–water partition coefficient (Wildman–Crippen LogP) is -0.577. The van der Waals surface area contributed by atoms with Gasteiger partial charge in [0, 0.05) is 19.1 Å². The van der Waals surface area contributed by atoms with Crippen LogP contribution >= 0.6 is 0 Å². The molecule has 1 unspecified atom stereocenters. The Morgan fingerprint density at radius 2 is 2.54 bits per heavy atom. The van der Waals surface area contributed by atoms with Gasteiger partial charge >= 0.3 is 6.09 Å². The van der Waals surface area contributed by atoms with Gasteiger partial charge in [0.15, 0.2) is 0 Å². The number of nitrogens with two attached hydrogens (primary N) is 1. The van der Waals surface area contributed by atoms with Crippen molar-refractivity contribution >= 4 is 6.09 Å². The molecule has 0 aromatic carbocycles. The SMILES string of the molecule is NC(=O)OCCNC1CCCNC1. The number of nitrogens with one attached hydrogen (secondary N) is 2. The van der Waals surface area contributed by atoms with Crippen molar-refractivity contribution in [2.45, 2.75) is 18.9 Å². The van der Waals surface area contributed by atoms with Crippen LogP contribution in [0.3, 0.4) is 0 Å². The summed E-state index contributed by atoms with van der Waals surface area (Å²) in [6.45, 7) is 3.13. The van der Waals surface area contributed by atoms with Crippen LogP contribution in [0.15, 0.2) is 0 Å². The summed E-state index contributed by atoms with van der Waals surface area (Å²) in [6, 6.07) is 0.505. The second kappa shape index (κ2) is 5.77. The van der Waals surface area contributed by atoms with Crippen molar-refractivity contribution in [3.05, 3.63) is 0 Å². The number of rotatable bonds is 4. The first-order chi connectivity index (χ1) is 6.29. The molecule has 0 bridgehead atoms. The summed E-state index contributed by atoms with van der Waals surface area (Å²) in [6.07, 6.45) is 1.68. The first-order valence-electron chi connectivity index (χ1n) is 4.65. The van der Waals surface area contributed by atoms with Gasteiger partial charge in [0.25, 0.3) is 0 Å². The molecule has 0 saturated carbocycles. The van der Waals surface area contributed by atoms with Crippen LogP contribution in [-0.4, -0.2) is 38.4 Å². The standard InChI is InChI=1S/C8H17N3O2/c9-8(12)13-5-4-11-7-2-1-3-10-6-7/h7,10-11H,1-6H2,(H2,9,12). The highest BCUT2D eigenvalue weighted by molar-refractivity contribution is 5.64. The first kappa shape index (κ1) is 10.3. The normalized spacial score (nSPS) is 22.6. The second-order valence-corrected chi connectivity index (χ2v) is 3.16. The van der Waals surface area contributed by atoms with Crippen LogP contribution in [0.5, 0.6) is 0 Å². The Bertz CT molecular complexity index is 157. The number of carbonyl (C=O) groups excluding carboxylic acids is 1. The number of hydrogen-bond acceptors (Lipinski definition) is 4. The van der Waals surface area contributed by atoms with Crippen molar-refractivity contribution in [1.29, 1.82) is 0 Å². The van der Waals surface area contributed by atoms with Gasteiger partial charge in [-0.2, -0.15) is 0 Å². The highest BCUT2D eigenvalue weighted by atomic mass is 16.5. The summed E-state index contributed by atoms with van der Waals surface area (Å²) in [5, 5.41) is 6.57. The van der Waals surface area contributed by atoms with E-state index in [2.05, 4.69) is 15.4 Å². The van der Waals surface area contributed by atoms with Gasteiger partial charge in [-0.05, 0) is 19.4 Å². The minimum atomic E-state index is -0.705. The summed E-state index contributed by atoms with van der Waals surface area (Å²) in [5.41, 5.74) is 4.81. The van der Waals surface area contributed by atoms with E-state index in [0.717, 1.165) is 13.1 Å². The zero-order valence-corrected chi connectivity index (χ0v) is 7.71. The minimum absolute atomic E-state index is 0.353. The molecule has 1 atom stereocenters. The Hall–Kier alpha value is -0.810. The quantitative estimate of drug-likeness (QED) is 0.515. The topological polar surface area (TPSA) is 76.4 Å². The van der Waals surface area contributed by atoms with E-state index in [0.29, 0.717) is 19.2 Å². The lowest BCUT2D eigenvalue weighted by Crippen LogP contribution is -2.44. The van der Waals surface area contributed by atoms with E-state index in [1.807, 2.05) is 0 Å². The summed E-state index contributed by atoms with van der Waals surface area (Å²) >= 11 is 0. The van der Waals surface area contributed by atoms with Crippen LogP contribution < -0.4 is 16.4 Å². The molecule has 0 aliphatic carbocycles. The second-order valence-electron chi connectivity index (χ2n) is 3.16. The van der Waals surface area contributed by atoms with Crippen LogP contribution in [0.25, 0.3) is 0 Å². The fraction of sp³-hybridized carbons (Fsp3) is 0.875. The fourth-order valence-electron chi connectivity index (χ4n) is 1.44. The molecule has 1 amide bonds. The molecule has 1 aliphatic heterocycles. The highest BCUT2D eigenvalue weighted by Gasteiger charge is 2.11. The van der Waals surface area contributed by atoms with Crippen molar-refractivity contribution in [1.82, 2.24) is 10.6 Å². The molecule has 0 aromatic rings. The lowest BCUT2D eigenvalue weighted by atomic mass is 10.1. The van der Waals surface area contributed by atoms with E-state index in [1.165, 1.54) is 12.8 Å². The molecule has 0 radical (unpaired) electrons. The van der Waals surface area contributed by atoms with Gasteiger partial charge in [-0.15, -0.1) is 0 Å². The zero-order valence-electron chi connectivity index (χ0n) is 7.71. The molecule has 13 heavy (non-hydrogen) atoms. The zero-order chi connectivity index (χ0) is 9.52. The van der Waals surface area contributed by atoms with Crippen molar-refractivity contribution in [2.75, 3.05) is 26.2 Å². The van der Waals surface area contributed by atoms with Gasteiger partial charge in [-0.1, -0.05) is 0 Å². The Morgan fingerprint density at radius 3 is 3.15 bits per heavy atom. The maximum Gasteiger partial charge on any atom is 0.404 e. The molecular weight excluding hydrogens is 170 g/mol. The van der Waals surface area contributed by atoms with Gasteiger partial charge in [-0.3, -0.25) is 0 Å². The van der Waals surface area contributed by atoms with Gasteiger partial charge in [0.05, 0.1) is 0 Å². The lowest BCUT2D eigenvalue weighted by Gasteiger charge is -2.23. The number of hydrogen-bond donors (Lipinski definition) is 3. The van der Waals surface area contributed by atoms with E-state index < -0.39 is 6.09 Å². The average molecular weight is 187 g/mol. The van der Waals surface area contributed by atoms with E-state index in [-0.39, 0.29) is 0 Å². The fourth-order valence-corrected chi connectivity index (χ4v) is 1.44. The summed E-state index contributed by atoms with van der Waals surface area (Å²) in [5.74, 6) is 0. The van der Waals surface area contributed by atoms with Crippen LogP contribution in [0.2, 0.25) is 0 Å². The lowest BCUT2D eigenvalue weighted by molar-refractivity contribution is 0.155. The van der Waals surface area contributed by atoms with E-state index in [9.17, 15) is 4.79 Å². The Labute approximate surface area is 78.0 Å². The third kappa shape index (κ3) is 4.69. The van der Waals surface area contributed by atoms with Gasteiger partial charge in [0.2, 0.25) is 0 Å². The molecule has 1 heterocycles. The monoisotopic (exact) mass is 187 g/mol. The molecule has 0 spiro atoms. The third-order valence-electron chi connectivity index (χ3n) is 2.08. The molecule has 1 fully saturated rings. The third-order valence-corrected chi connectivity index (χ3v) is 2.08. The molecule has 5 heteroatoms. The maximum absolute atomic E-state index is 10.2. The number of amides is 1. The predicted molar refractivity (Wildman–Crippen MR) is 49.4 cm³/mol. The number of primary amides is 1. The van der Waals surface area contributed by atoms with Crippen LogP contribution in [0.1, 0.15) is 12.8 Å². The van der Waals surface area contributed by atoms with E-state index in [4.69, 9.17) is 5.73 Å². The van der Waals surface area contributed by atoms with E-state index >= 15 is 0 Å². The largest absolute Gasteiger partial charge is 0.448 e. The first-order valence-corrected chi connectivity index (χ1v) is 4.65. The molecule has 1 aliphatic rings. The van der Waals surface area contributed by atoms with E-state index in [1.54, 1.807) is 0 Å². The molecule has 0 aromatic heterocycles. The summed E-state index contributed by atoms with van der Waals surface area (Å²) in [4.78, 5) is 10.2. The number of ether oxygens (including phenoxy) is 1. The Balaban J connectivity index is 1.95.